The molecule has 3 N–H and O–H groups in total. The van der Waals surface area contributed by atoms with Gasteiger partial charge in [-0.25, -0.2) is 9.78 Å². The second-order valence-corrected chi connectivity index (χ2v) is 4.67. The molecule has 1 aromatic heterocycles. The number of nitrogens with one attached hydrogen (secondary N) is 1. The number of nitrogen functional groups attached to an aromatic ring is 1. The van der Waals surface area contributed by atoms with Crippen molar-refractivity contribution in [3.8, 4) is 0 Å². The van der Waals surface area contributed by atoms with Gasteiger partial charge in [-0.3, -0.25) is 0 Å². The number of hydrogen-bond donors (Lipinski definition) is 2. The Morgan fingerprint density at radius 3 is 2.86 bits per heavy atom. The summed E-state index contributed by atoms with van der Waals surface area (Å²) < 4.78 is 5.19. The summed E-state index contributed by atoms with van der Waals surface area (Å²) in [6, 6.07) is 10.7. The van der Waals surface area contributed by atoms with Crippen molar-refractivity contribution in [3.05, 3.63) is 48.2 Å². The van der Waals surface area contributed by atoms with Crippen molar-refractivity contribution in [1.29, 1.82) is 0 Å². The molecule has 1 heterocycles. The predicted octanol–water partition coefficient (Wildman–Crippen LogP) is 3.36. The minimum Gasteiger partial charge on any atom is -0.462 e. The maximum absolute atomic E-state index is 11.9. The predicted molar refractivity (Wildman–Crippen MR) is 83.6 cm³/mol. The van der Waals surface area contributed by atoms with E-state index in [0.29, 0.717) is 18.0 Å². The molecule has 21 heavy (non-hydrogen) atoms. The van der Waals surface area contributed by atoms with Crippen molar-refractivity contribution in [2.45, 2.75) is 19.8 Å². The van der Waals surface area contributed by atoms with Crippen LogP contribution in [0.15, 0.2) is 42.6 Å². The summed E-state index contributed by atoms with van der Waals surface area (Å²) in [6.45, 7) is 2.51. The molecule has 0 amide bonds. The maximum atomic E-state index is 11.9. The molecule has 0 saturated heterocycles. The van der Waals surface area contributed by atoms with Gasteiger partial charge in [-0.05, 0) is 36.8 Å². The highest BCUT2D eigenvalue weighted by Gasteiger charge is 2.07. The first-order chi connectivity index (χ1) is 10.2. The van der Waals surface area contributed by atoms with Crippen LogP contribution in [0.4, 0.5) is 17.2 Å². The number of nitrogens with zero attached hydrogens (tertiary/aromatic N) is 1. The highest BCUT2D eigenvalue weighted by atomic mass is 16.5. The molecule has 0 atom stereocenters. The smallest absolute Gasteiger partial charge is 0.338 e. The number of esters is 1. The van der Waals surface area contributed by atoms with E-state index in [2.05, 4.69) is 17.2 Å². The highest BCUT2D eigenvalue weighted by molar-refractivity contribution is 5.90. The van der Waals surface area contributed by atoms with Crippen LogP contribution in [0.25, 0.3) is 0 Å². The minimum absolute atomic E-state index is 0.303. The van der Waals surface area contributed by atoms with Crippen LogP contribution in [0.1, 0.15) is 30.1 Å². The van der Waals surface area contributed by atoms with Gasteiger partial charge in [-0.2, -0.15) is 0 Å². The Kier molecular flexibility index (Phi) is 5.15. The van der Waals surface area contributed by atoms with Crippen molar-refractivity contribution >= 4 is 23.2 Å². The SMILES string of the molecule is CCCCOC(=O)c1cccc(Nc2ccc(N)nc2)c1. The van der Waals surface area contributed by atoms with Crippen molar-refractivity contribution in [3.63, 3.8) is 0 Å². The number of carbonyl (C=O) groups is 1. The summed E-state index contributed by atoms with van der Waals surface area (Å²) in [5.74, 6) is 0.163. The zero-order valence-electron chi connectivity index (χ0n) is 12.0. The Labute approximate surface area is 124 Å². The fourth-order valence-corrected chi connectivity index (χ4v) is 1.76. The molecule has 110 valence electrons. The summed E-state index contributed by atoms with van der Waals surface area (Å²) >= 11 is 0. The molecule has 2 rings (SSSR count). The molecule has 0 bridgehead atoms. The fourth-order valence-electron chi connectivity index (χ4n) is 1.76. The monoisotopic (exact) mass is 285 g/mol. The molecule has 5 nitrogen and oxygen atoms in total. The third-order valence-corrected chi connectivity index (χ3v) is 2.90. The molecular formula is C16H19N3O2. The van der Waals surface area contributed by atoms with Crippen LogP contribution in [0.3, 0.4) is 0 Å². The second kappa shape index (κ2) is 7.28. The first-order valence-corrected chi connectivity index (χ1v) is 6.95. The van der Waals surface area contributed by atoms with E-state index in [9.17, 15) is 4.79 Å². The number of pyridine rings is 1. The number of unbranched alkanes of at least 4 members (excludes halogenated alkanes) is 1. The molecule has 1 aromatic carbocycles. The summed E-state index contributed by atoms with van der Waals surface area (Å²) in [7, 11) is 0. The van der Waals surface area contributed by atoms with Crippen molar-refractivity contribution in [2.24, 2.45) is 0 Å². The van der Waals surface area contributed by atoms with Crippen molar-refractivity contribution in [2.75, 3.05) is 17.7 Å². The van der Waals surface area contributed by atoms with Gasteiger partial charge in [0, 0.05) is 5.69 Å². The molecule has 2 aromatic rings. The van der Waals surface area contributed by atoms with E-state index in [1.165, 1.54) is 0 Å². The number of carbonyl (C=O) groups excluding carboxylic acids is 1. The Bertz CT molecular complexity index is 597. The van der Waals surface area contributed by atoms with Gasteiger partial charge >= 0.3 is 5.97 Å². The molecule has 0 fully saturated rings. The molecule has 0 spiro atoms. The number of hydrogen-bond acceptors (Lipinski definition) is 5. The Morgan fingerprint density at radius 1 is 1.29 bits per heavy atom. The summed E-state index contributed by atoms with van der Waals surface area (Å²) in [6.07, 6.45) is 3.52. The molecule has 0 aliphatic carbocycles. The molecule has 0 saturated carbocycles. The van der Waals surface area contributed by atoms with E-state index < -0.39 is 0 Å². The van der Waals surface area contributed by atoms with Crippen LogP contribution in [-0.4, -0.2) is 17.6 Å². The molecule has 0 aliphatic rings. The first kappa shape index (κ1) is 14.8. The van der Waals surface area contributed by atoms with E-state index in [1.807, 2.05) is 18.2 Å². The zero-order valence-corrected chi connectivity index (χ0v) is 12.0. The minimum atomic E-state index is -0.303. The number of anilines is 3. The van der Waals surface area contributed by atoms with Gasteiger partial charge in [-0.1, -0.05) is 19.4 Å². The van der Waals surface area contributed by atoms with Crippen molar-refractivity contribution in [1.82, 2.24) is 4.98 Å². The van der Waals surface area contributed by atoms with Gasteiger partial charge in [0.2, 0.25) is 0 Å². The fraction of sp³-hybridized carbons (Fsp3) is 0.250. The number of rotatable bonds is 6. The molecule has 0 radical (unpaired) electrons. The Hall–Kier alpha value is -2.56. The summed E-state index contributed by atoms with van der Waals surface area (Å²) in [5.41, 5.74) is 7.67. The van der Waals surface area contributed by atoms with Crippen LogP contribution < -0.4 is 11.1 Å². The van der Waals surface area contributed by atoms with E-state index in [1.54, 1.807) is 24.4 Å². The van der Waals surface area contributed by atoms with Crippen LogP contribution >= 0.6 is 0 Å². The van der Waals surface area contributed by atoms with E-state index >= 15 is 0 Å². The van der Waals surface area contributed by atoms with Gasteiger partial charge in [-0.15, -0.1) is 0 Å². The standard InChI is InChI=1S/C16H19N3O2/c1-2-3-9-21-16(20)12-5-4-6-13(10-12)19-14-7-8-15(17)18-11-14/h4-8,10-11,19H,2-3,9H2,1H3,(H2,17,18). The first-order valence-electron chi connectivity index (χ1n) is 6.95. The lowest BCUT2D eigenvalue weighted by Gasteiger charge is -2.08. The largest absolute Gasteiger partial charge is 0.462 e. The normalized spacial score (nSPS) is 10.1. The molecular weight excluding hydrogens is 266 g/mol. The van der Waals surface area contributed by atoms with Crippen molar-refractivity contribution < 1.29 is 9.53 Å². The van der Waals surface area contributed by atoms with Crippen LogP contribution in [0.5, 0.6) is 0 Å². The number of nitrogens with two attached hydrogens (primary N) is 1. The van der Waals surface area contributed by atoms with Crippen LogP contribution in [-0.2, 0) is 4.74 Å². The summed E-state index contributed by atoms with van der Waals surface area (Å²) in [5, 5.41) is 3.17. The quantitative estimate of drug-likeness (QED) is 0.628. The van der Waals surface area contributed by atoms with Gasteiger partial charge in [0.05, 0.1) is 24.1 Å². The number of aromatic nitrogens is 1. The highest BCUT2D eigenvalue weighted by Crippen LogP contribution is 2.18. The van der Waals surface area contributed by atoms with Gasteiger partial charge < -0.3 is 15.8 Å². The average molecular weight is 285 g/mol. The Balaban J connectivity index is 2.03. The van der Waals surface area contributed by atoms with E-state index in [0.717, 1.165) is 24.2 Å². The van der Waals surface area contributed by atoms with E-state index in [4.69, 9.17) is 10.5 Å². The Morgan fingerprint density at radius 2 is 2.14 bits per heavy atom. The van der Waals surface area contributed by atoms with E-state index in [-0.39, 0.29) is 5.97 Å². The lowest BCUT2D eigenvalue weighted by molar-refractivity contribution is 0.0500. The maximum Gasteiger partial charge on any atom is 0.338 e. The zero-order chi connectivity index (χ0) is 15.1. The second-order valence-electron chi connectivity index (χ2n) is 4.67. The summed E-state index contributed by atoms with van der Waals surface area (Å²) in [4.78, 5) is 15.9. The third-order valence-electron chi connectivity index (χ3n) is 2.90. The van der Waals surface area contributed by atoms with Gasteiger partial charge in [0.25, 0.3) is 0 Å². The third kappa shape index (κ3) is 4.49. The van der Waals surface area contributed by atoms with Gasteiger partial charge in [0.1, 0.15) is 5.82 Å². The van der Waals surface area contributed by atoms with Gasteiger partial charge in [0.15, 0.2) is 0 Å². The molecule has 0 unspecified atom stereocenters. The average Bonchev–Trinajstić information content (AvgIpc) is 2.50. The lowest BCUT2D eigenvalue weighted by Crippen LogP contribution is -2.06. The lowest BCUT2D eigenvalue weighted by atomic mass is 10.2. The molecule has 0 aliphatic heterocycles. The number of ether oxygens (including phenoxy) is 1. The van der Waals surface area contributed by atoms with Crippen LogP contribution in [0.2, 0.25) is 0 Å². The van der Waals surface area contributed by atoms with Crippen LogP contribution in [0, 0.1) is 0 Å². The number of benzene rings is 1. The molecule has 5 heteroatoms. The topological polar surface area (TPSA) is 77.2 Å².